The van der Waals surface area contributed by atoms with E-state index in [2.05, 4.69) is 0 Å². The lowest BCUT2D eigenvalue weighted by Crippen LogP contribution is -2.39. The number of hydrogen-bond acceptors (Lipinski definition) is 8. The molecule has 0 aliphatic heterocycles. The molecule has 0 heterocycles. The Morgan fingerprint density at radius 1 is 0.711 bits per heavy atom. The zero-order valence-electron chi connectivity index (χ0n) is 24.4. The summed E-state index contributed by atoms with van der Waals surface area (Å²) in [6, 6.07) is 31.6. The van der Waals surface area contributed by atoms with Gasteiger partial charge < -0.3 is 9.47 Å². The van der Waals surface area contributed by atoms with Crippen LogP contribution in [0.15, 0.2) is 127 Å². The molecule has 0 fully saturated rings. The van der Waals surface area contributed by atoms with E-state index in [-0.39, 0.29) is 22.1 Å². The van der Waals surface area contributed by atoms with Crippen molar-refractivity contribution in [3.05, 3.63) is 153 Å². The molecule has 5 rings (SSSR count). The average Bonchev–Trinajstić information content (AvgIpc) is 3.48. The molecule has 0 saturated heterocycles. The van der Waals surface area contributed by atoms with Crippen LogP contribution in [0, 0.1) is 26.1 Å². The molecule has 1 aliphatic rings. The summed E-state index contributed by atoms with van der Waals surface area (Å²) in [5.74, 6) is -4.01. The van der Waals surface area contributed by atoms with Gasteiger partial charge in [0.1, 0.15) is 0 Å². The second kappa shape index (κ2) is 13.1. The minimum absolute atomic E-state index is 0.00338. The third-order valence-electron chi connectivity index (χ3n) is 7.99. The molecule has 0 spiro atoms. The first-order valence-corrected chi connectivity index (χ1v) is 15.7. The highest BCUT2D eigenvalue weighted by atomic mass is 31.2. The smallest absolute Gasteiger partial charge is 0.339 e. The van der Waals surface area contributed by atoms with Gasteiger partial charge in [-0.15, -0.1) is 0 Å². The molecule has 0 amide bonds. The lowest BCUT2D eigenvalue weighted by atomic mass is 9.84. The van der Waals surface area contributed by atoms with Crippen molar-refractivity contribution < 1.29 is 28.9 Å². The van der Waals surface area contributed by atoms with E-state index in [1.807, 2.05) is 91.0 Å². The summed E-state index contributed by atoms with van der Waals surface area (Å²) in [6.07, 6.45) is 1.42. The van der Waals surface area contributed by atoms with Crippen molar-refractivity contribution in [1.82, 2.24) is 0 Å². The van der Waals surface area contributed by atoms with Crippen LogP contribution in [0.25, 0.3) is 0 Å². The number of ether oxygens (including phenoxy) is 2. The molecule has 0 N–H and O–H groups in total. The Bertz CT molecular complexity index is 1740. The van der Waals surface area contributed by atoms with Gasteiger partial charge in [-0.2, -0.15) is 0 Å². The van der Waals surface area contributed by atoms with E-state index in [1.165, 1.54) is 44.6 Å². The van der Waals surface area contributed by atoms with Crippen LogP contribution in [0.3, 0.4) is 0 Å². The summed E-state index contributed by atoms with van der Waals surface area (Å²) >= 11 is 0. The SMILES string of the molecule is COC(=O)C(C1=C[C@H](C(=O)OC)[C@H](c2cccc([N+](=O)[O-])c2)[C@H]1[N+](=O)[O-])=P(c1ccccc1)(c1ccccc1)c1ccccc1. The summed E-state index contributed by atoms with van der Waals surface area (Å²) in [7, 11) is 2.38. The molecule has 4 aromatic carbocycles. The maximum absolute atomic E-state index is 14.3. The van der Waals surface area contributed by atoms with Gasteiger partial charge in [0.2, 0.25) is 6.04 Å². The van der Waals surface area contributed by atoms with Crippen LogP contribution in [0.1, 0.15) is 11.5 Å². The highest BCUT2D eigenvalue weighted by Crippen LogP contribution is 2.52. The first kappa shape index (κ1) is 31.1. The Labute approximate surface area is 259 Å². The Kier molecular flexibility index (Phi) is 9.06. The van der Waals surface area contributed by atoms with Crippen LogP contribution in [0.5, 0.6) is 0 Å². The second-order valence-corrected chi connectivity index (χ2v) is 13.6. The highest BCUT2D eigenvalue weighted by molar-refractivity contribution is 7.96. The molecule has 0 unspecified atom stereocenters. The van der Waals surface area contributed by atoms with E-state index in [0.717, 1.165) is 15.9 Å². The fraction of sp³-hybridized carbons (Fsp3) is 0.147. The lowest BCUT2D eigenvalue weighted by Gasteiger charge is -2.33. The molecule has 4 aromatic rings. The van der Waals surface area contributed by atoms with Crippen molar-refractivity contribution >= 4 is 45.7 Å². The molecular weight excluding hydrogens is 595 g/mol. The molecular formula is C34H29N2O8P. The average molecular weight is 625 g/mol. The van der Waals surface area contributed by atoms with Gasteiger partial charge in [0.25, 0.3) is 5.69 Å². The molecule has 11 heteroatoms. The van der Waals surface area contributed by atoms with E-state index >= 15 is 0 Å². The minimum atomic E-state index is -3.26. The summed E-state index contributed by atoms with van der Waals surface area (Å²) in [5, 5.41) is 27.1. The number of nitro benzene ring substituents is 1. The van der Waals surface area contributed by atoms with Gasteiger partial charge in [0.05, 0.1) is 36.3 Å². The van der Waals surface area contributed by atoms with Crippen LogP contribution >= 0.6 is 6.89 Å². The van der Waals surface area contributed by atoms with Gasteiger partial charge >= 0.3 is 11.9 Å². The summed E-state index contributed by atoms with van der Waals surface area (Å²) in [6.45, 7) is -3.26. The second-order valence-electron chi connectivity index (χ2n) is 10.3. The van der Waals surface area contributed by atoms with Crippen LogP contribution in [-0.4, -0.2) is 47.3 Å². The molecule has 45 heavy (non-hydrogen) atoms. The fourth-order valence-corrected chi connectivity index (χ4v) is 10.7. The molecule has 0 saturated carbocycles. The van der Waals surface area contributed by atoms with Gasteiger partial charge in [-0.05, 0) is 28.4 Å². The van der Waals surface area contributed by atoms with E-state index < -0.39 is 46.5 Å². The fourth-order valence-electron chi connectivity index (χ4n) is 6.17. The molecule has 228 valence electrons. The van der Waals surface area contributed by atoms with Crippen molar-refractivity contribution in [1.29, 1.82) is 0 Å². The monoisotopic (exact) mass is 624 g/mol. The zero-order chi connectivity index (χ0) is 32.1. The van der Waals surface area contributed by atoms with Crippen molar-refractivity contribution in [2.45, 2.75) is 12.0 Å². The number of non-ortho nitro benzene ring substituents is 1. The molecule has 3 atom stereocenters. The van der Waals surface area contributed by atoms with E-state index in [0.29, 0.717) is 0 Å². The third-order valence-corrected chi connectivity index (χ3v) is 12.3. The van der Waals surface area contributed by atoms with E-state index in [4.69, 9.17) is 9.47 Å². The van der Waals surface area contributed by atoms with E-state index in [9.17, 15) is 29.8 Å². The van der Waals surface area contributed by atoms with Gasteiger partial charge in [-0.3, -0.25) is 25.0 Å². The number of carbonyl (C=O) groups is 2. The Morgan fingerprint density at radius 3 is 1.64 bits per heavy atom. The normalized spacial score (nSPS) is 17.6. The van der Waals surface area contributed by atoms with Crippen LogP contribution in [0.2, 0.25) is 0 Å². The predicted octanol–water partition coefficient (Wildman–Crippen LogP) is 4.39. The number of nitrogens with zero attached hydrogens (tertiary/aromatic N) is 2. The maximum atomic E-state index is 14.3. The summed E-state index contributed by atoms with van der Waals surface area (Å²) < 4.78 is 10.5. The number of nitro groups is 2. The molecule has 0 aromatic heterocycles. The van der Waals surface area contributed by atoms with Crippen molar-refractivity contribution in [2.24, 2.45) is 5.92 Å². The number of benzene rings is 4. The maximum Gasteiger partial charge on any atom is 0.339 e. The predicted molar refractivity (Wildman–Crippen MR) is 172 cm³/mol. The quantitative estimate of drug-likeness (QED) is 0.116. The first-order chi connectivity index (χ1) is 21.7. The molecule has 1 aliphatic carbocycles. The lowest BCUT2D eigenvalue weighted by molar-refractivity contribution is -0.514. The van der Waals surface area contributed by atoms with Crippen LogP contribution in [-0.2, 0) is 19.1 Å². The molecule has 0 radical (unpaired) electrons. The summed E-state index contributed by atoms with van der Waals surface area (Å²) in [4.78, 5) is 51.2. The minimum Gasteiger partial charge on any atom is -0.469 e. The number of carbonyl (C=O) groups excluding carboxylic acids is 2. The zero-order valence-corrected chi connectivity index (χ0v) is 25.3. The topological polar surface area (TPSA) is 139 Å². The highest BCUT2D eigenvalue weighted by Gasteiger charge is 2.53. The molecule has 10 nitrogen and oxygen atoms in total. The van der Waals surface area contributed by atoms with Gasteiger partial charge in [0, 0.05) is 22.6 Å². The number of methoxy groups -OCH3 is 2. The third kappa shape index (κ3) is 5.56. The Morgan fingerprint density at radius 2 is 1.22 bits per heavy atom. The van der Waals surface area contributed by atoms with Gasteiger partial charge in [-0.1, -0.05) is 109 Å². The largest absolute Gasteiger partial charge is 0.469 e. The first-order valence-electron chi connectivity index (χ1n) is 13.9. The van der Waals surface area contributed by atoms with Gasteiger partial charge in [-0.25, -0.2) is 4.79 Å². The van der Waals surface area contributed by atoms with Crippen molar-refractivity contribution in [2.75, 3.05) is 14.2 Å². The van der Waals surface area contributed by atoms with Gasteiger partial charge in [0.15, 0.2) is 0 Å². The van der Waals surface area contributed by atoms with Crippen LogP contribution < -0.4 is 15.9 Å². The molecule has 0 bridgehead atoms. The summed E-state index contributed by atoms with van der Waals surface area (Å²) in [5.41, 5.74) is -0.0907. The van der Waals surface area contributed by atoms with Crippen LogP contribution in [0.4, 0.5) is 5.69 Å². The number of esters is 2. The Hall–Kier alpha value is -5.34. The Balaban J connectivity index is 1.99. The van der Waals surface area contributed by atoms with Crippen molar-refractivity contribution in [3.63, 3.8) is 0 Å². The number of rotatable bonds is 9. The standard InChI is InChI=1S/C34H29N2O8P/c1-43-33(37)28-22-29(31(36(41)42)30(28)23-13-12-14-24(21-23)35(39)40)32(34(38)44-2)45(25-15-6-3-7-16-25,26-17-8-4-9-18-26)27-19-10-5-11-20-27/h3-22,28,30-31H,1-2H3/t28-,30-,31-/m0/s1. The number of hydrogen-bond donors (Lipinski definition) is 0. The van der Waals surface area contributed by atoms with Crippen molar-refractivity contribution in [3.8, 4) is 0 Å². The van der Waals surface area contributed by atoms with E-state index in [1.54, 1.807) is 0 Å².